The van der Waals surface area contributed by atoms with Crippen LogP contribution in [0.3, 0.4) is 0 Å². The molecule has 0 saturated carbocycles. The van der Waals surface area contributed by atoms with Crippen molar-refractivity contribution in [2.45, 2.75) is 23.4 Å². The van der Waals surface area contributed by atoms with Crippen molar-refractivity contribution in [2.75, 3.05) is 12.3 Å². The predicted molar refractivity (Wildman–Crippen MR) is 70.6 cm³/mol. The van der Waals surface area contributed by atoms with Gasteiger partial charge in [0.15, 0.2) is 0 Å². The van der Waals surface area contributed by atoms with Gasteiger partial charge in [0.1, 0.15) is 0 Å². The van der Waals surface area contributed by atoms with Crippen LogP contribution in [0, 0.1) is 0 Å². The van der Waals surface area contributed by atoms with E-state index in [0.717, 1.165) is 11.3 Å². The summed E-state index contributed by atoms with van der Waals surface area (Å²) in [6.07, 6.45) is 0.896. The maximum absolute atomic E-state index is 5.63. The zero-order valence-corrected chi connectivity index (χ0v) is 10.9. The van der Waals surface area contributed by atoms with E-state index < -0.39 is 0 Å². The first-order valence-electron chi connectivity index (χ1n) is 5.65. The third kappa shape index (κ3) is 3.59. The summed E-state index contributed by atoms with van der Waals surface area (Å²) in [5, 5.41) is 0.541. The Balaban J connectivity index is 2.15. The maximum atomic E-state index is 5.63. The fraction of sp³-hybridized carbons (Fsp3) is 0.250. The zero-order chi connectivity index (χ0) is 12.8. The van der Waals surface area contributed by atoms with Gasteiger partial charge in [-0.25, -0.2) is 0 Å². The van der Waals surface area contributed by atoms with E-state index in [1.165, 1.54) is 11.8 Å². The van der Waals surface area contributed by atoms with Gasteiger partial charge >= 0.3 is 6.01 Å². The van der Waals surface area contributed by atoms with E-state index in [1.54, 1.807) is 0 Å². The van der Waals surface area contributed by atoms with Gasteiger partial charge in [-0.2, -0.15) is 15.0 Å². The lowest BCUT2D eigenvalue weighted by atomic mass is 10.4. The molecule has 0 amide bonds. The van der Waals surface area contributed by atoms with Gasteiger partial charge < -0.3 is 10.5 Å². The Morgan fingerprint density at radius 2 is 1.94 bits per heavy atom. The summed E-state index contributed by atoms with van der Waals surface area (Å²) >= 11 is 1.43. The fourth-order valence-corrected chi connectivity index (χ4v) is 2.02. The van der Waals surface area contributed by atoms with Crippen molar-refractivity contribution in [3.63, 3.8) is 0 Å². The summed E-state index contributed by atoms with van der Waals surface area (Å²) in [6, 6.07) is 10.1. The van der Waals surface area contributed by atoms with Crippen molar-refractivity contribution in [1.82, 2.24) is 15.0 Å². The first-order chi connectivity index (χ1) is 8.78. The molecule has 0 unspecified atom stereocenters. The molecule has 0 atom stereocenters. The van der Waals surface area contributed by atoms with Gasteiger partial charge in [0, 0.05) is 4.90 Å². The second-order valence-electron chi connectivity index (χ2n) is 3.52. The van der Waals surface area contributed by atoms with Crippen molar-refractivity contribution in [2.24, 2.45) is 0 Å². The smallest absolute Gasteiger partial charge is 0.322 e. The molecule has 0 fully saturated rings. The van der Waals surface area contributed by atoms with Gasteiger partial charge in [-0.15, -0.1) is 0 Å². The predicted octanol–water partition coefficient (Wildman–Crippen LogP) is 2.39. The Morgan fingerprint density at radius 1 is 1.17 bits per heavy atom. The summed E-state index contributed by atoms with van der Waals surface area (Å²) in [5.41, 5.74) is 5.63. The van der Waals surface area contributed by atoms with Gasteiger partial charge in [-0.3, -0.25) is 0 Å². The number of aromatic nitrogens is 3. The summed E-state index contributed by atoms with van der Waals surface area (Å²) < 4.78 is 5.36. The summed E-state index contributed by atoms with van der Waals surface area (Å²) in [6.45, 7) is 2.59. The Morgan fingerprint density at radius 3 is 2.67 bits per heavy atom. The van der Waals surface area contributed by atoms with Gasteiger partial charge in [0.05, 0.1) is 6.61 Å². The number of rotatable bonds is 5. The molecule has 0 radical (unpaired) electrons. The van der Waals surface area contributed by atoms with Crippen LogP contribution in [-0.4, -0.2) is 21.6 Å². The zero-order valence-electron chi connectivity index (χ0n) is 10.0. The molecule has 6 heteroatoms. The van der Waals surface area contributed by atoms with E-state index in [4.69, 9.17) is 10.5 Å². The van der Waals surface area contributed by atoms with E-state index in [9.17, 15) is 0 Å². The van der Waals surface area contributed by atoms with Crippen molar-refractivity contribution < 1.29 is 4.74 Å². The SMILES string of the molecule is CCCOc1nc(N)nc(Sc2ccccc2)n1. The lowest BCUT2D eigenvalue weighted by Gasteiger charge is -2.05. The van der Waals surface area contributed by atoms with Crippen LogP contribution in [-0.2, 0) is 0 Å². The van der Waals surface area contributed by atoms with Crippen LogP contribution in [0.2, 0.25) is 0 Å². The van der Waals surface area contributed by atoms with Crippen LogP contribution in [0.5, 0.6) is 6.01 Å². The van der Waals surface area contributed by atoms with Gasteiger partial charge in [-0.1, -0.05) is 25.1 Å². The highest BCUT2D eigenvalue weighted by atomic mass is 32.2. The fourth-order valence-electron chi connectivity index (χ4n) is 1.25. The van der Waals surface area contributed by atoms with Crippen LogP contribution >= 0.6 is 11.8 Å². The quantitative estimate of drug-likeness (QED) is 0.891. The number of nitrogens with zero attached hydrogens (tertiary/aromatic N) is 3. The second-order valence-corrected chi connectivity index (χ2v) is 4.56. The first kappa shape index (κ1) is 12.6. The van der Waals surface area contributed by atoms with E-state index >= 15 is 0 Å². The van der Waals surface area contributed by atoms with Crippen molar-refractivity contribution in [1.29, 1.82) is 0 Å². The third-order valence-electron chi connectivity index (χ3n) is 2.00. The molecule has 0 saturated heterocycles. The molecule has 0 bridgehead atoms. The van der Waals surface area contributed by atoms with E-state index in [2.05, 4.69) is 15.0 Å². The summed E-state index contributed by atoms with van der Waals surface area (Å²) in [7, 11) is 0. The Bertz CT molecular complexity index is 507. The number of ether oxygens (including phenoxy) is 1. The Kier molecular flexibility index (Phi) is 4.35. The molecule has 1 aromatic carbocycles. The normalized spacial score (nSPS) is 10.3. The Labute approximate surface area is 110 Å². The topological polar surface area (TPSA) is 73.9 Å². The second kappa shape index (κ2) is 6.20. The van der Waals surface area contributed by atoms with Crippen molar-refractivity contribution in [3.05, 3.63) is 30.3 Å². The maximum Gasteiger partial charge on any atom is 0.322 e. The molecule has 0 aliphatic carbocycles. The van der Waals surface area contributed by atoms with Crippen molar-refractivity contribution >= 4 is 17.7 Å². The first-order valence-corrected chi connectivity index (χ1v) is 6.47. The molecule has 18 heavy (non-hydrogen) atoms. The van der Waals surface area contributed by atoms with Crippen molar-refractivity contribution in [3.8, 4) is 6.01 Å². The molecular weight excluding hydrogens is 248 g/mol. The molecule has 94 valence electrons. The largest absolute Gasteiger partial charge is 0.463 e. The molecule has 2 rings (SSSR count). The molecular formula is C12H14N4OS. The van der Waals surface area contributed by atoms with Gasteiger partial charge in [0.2, 0.25) is 11.1 Å². The van der Waals surface area contributed by atoms with E-state index in [-0.39, 0.29) is 12.0 Å². The lowest BCUT2D eigenvalue weighted by molar-refractivity contribution is 0.288. The molecule has 2 aromatic rings. The van der Waals surface area contributed by atoms with Crippen LogP contribution in [0.1, 0.15) is 13.3 Å². The van der Waals surface area contributed by atoms with E-state index in [0.29, 0.717) is 11.8 Å². The van der Waals surface area contributed by atoms with Crippen LogP contribution < -0.4 is 10.5 Å². The average Bonchev–Trinajstić information content (AvgIpc) is 2.37. The van der Waals surface area contributed by atoms with Gasteiger partial charge in [-0.05, 0) is 30.3 Å². The van der Waals surface area contributed by atoms with Crippen LogP contribution in [0.15, 0.2) is 40.4 Å². The number of benzene rings is 1. The minimum absolute atomic E-state index is 0.175. The van der Waals surface area contributed by atoms with Crippen LogP contribution in [0.4, 0.5) is 5.95 Å². The minimum Gasteiger partial charge on any atom is -0.463 e. The molecule has 2 N–H and O–H groups in total. The lowest BCUT2D eigenvalue weighted by Crippen LogP contribution is -2.05. The Hall–Kier alpha value is -1.82. The number of anilines is 1. The molecule has 0 aliphatic heterocycles. The molecule has 1 aromatic heterocycles. The number of hydrogen-bond donors (Lipinski definition) is 1. The van der Waals surface area contributed by atoms with E-state index in [1.807, 2.05) is 37.3 Å². The standard InChI is InChI=1S/C12H14N4OS/c1-2-8-17-11-14-10(13)15-12(16-11)18-9-6-4-3-5-7-9/h3-7H,2,8H2,1H3,(H2,13,14,15,16). The van der Waals surface area contributed by atoms with Gasteiger partial charge in [0.25, 0.3) is 0 Å². The summed E-state index contributed by atoms with van der Waals surface area (Å²) in [4.78, 5) is 13.3. The van der Waals surface area contributed by atoms with Crippen LogP contribution in [0.25, 0.3) is 0 Å². The molecule has 0 aliphatic rings. The highest BCUT2D eigenvalue weighted by Gasteiger charge is 2.06. The number of nitrogens with two attached hydrogens (primary N) is 1. The number of hydrogen-bond acceptors (Lipinski definition) is 6. The monoisotopic (exact) mass is 262 g/mol. The highest BCUT2D eigenvalue weighted by molar-refractivity contribution is 7.99. The molecule has 5 nitrogen and oxygen atoms in total. The molecule has 0 spiro atoms. The number of nitrogen functional groups attached to an aromatic ring is 1. The minimum atomic E-state index is 0.175. The average molecular weight is 262 g/mol. The summed E-state index contributed by atoms with van der Waals surface area (Å²) in [5.74, 6) is 0.175. The third-order valence-corrected chi connectivity index (χ3v) is 2.87. The highest BCUT2D eigenvalue weighted by Crippen LogP contribution is 2.25. The molecule has 1 heterocycles.